The molecule has 0 saturated carbocycles. The summed E-state index contributed by atoms with van der Waals surface area (Å²) in [5.41, 5.74) is 3.27. The van der Waals surface area contributed by atoms with Gasteiger partial charge in [0.1, 0.15) is 5.75 Å². The second-order valence-corrected chi connectivity index (χ2v) is 8.10. The highest BCUT2D eigenvalue weighted by molar-refractivity contribution is 6.04. The maximum absolute atomic E-state index is 12.7. The number of ketones is 1. The molecule has 0 aromatic heterocycles. The summed E-state index contributed by atoms with van der Waals surface area (Å²) in [6, 6.07) is 21.0. The largest absolute Gasteiger partial charge is 0.493 e. The van der Waals surface area contributed by atoms with E-state index in [1.165, 1.54) is 6.92 Å². The Kier molecular flexibility index (Phi) is 9.33. The van der Waals surface area contributed by atoms with Gasteiger partial charge in [-0.15, -0.1) is 0 Å². The number of hydrogen-bond donors (Lipinski definition) is 2. The second kappa shape index (κ2) is 12.9. The van der Waals surface area contributed by atoms with Gasteiger partial charge in [0, 0.05) is 12.1 Å². The van der Waals surface area contributed by atoms with Crippen LogP contribution in [0.5, 0.6) is 5.75 Å². The number of Topliss-reactive ketones (excluding diaryl/α,β-unsaturated/α-hetero) is 1. The molecule has 2 amide bonds. The number of carbonyl (C=O) groups excluding carboxylic acids is 4. The third kappa shape index (κ3) is 8.09. The molecular formula is C28H28N2O6. The summed E-state index contributed by atoms with van der Waals surface area (Å²) in [5.74, 6) is -1.04. The third-order valence-electron chi connectivity index (χ3n) is 5.22. The van der Waals surface area contributed by atoms with Crippen LogP contribution >= 0.6 is 0 Å². The first kappa shape index (κ1) is 26.2. The minimum absolute atomic E-state index is 0.0473. The fourth-order valence-corrected chi connectivity index (χ4v) is 3.22. The second-order valence-electron chi connectivity index (χ2n) is 8.10. The highest BCUT2D eigenvalue weighted by atomic mass is 16.5. The Morgan fingerprint density at radius 3 is 2.25 bits per heavy atom. The van der Waals surface area contributed by atoms with Crippen LogP contribution in [-0.2, 0) is 20.9 Å². The van der Waals surface area contributed by atoms with Gasteiger partial charge in [-0.1, -0.05) is 42.0 Å². The smallest absolute Gasteiger partial charge is 0.309 e. The summed E-state index contributed by atoms with van der Waals surface area (Å²) in [4.78, 5) is 48.2. The number of para-hydroxylation sites is 1. The standard InChI is InChI=1S/C28H28N2O6/c1-19-7-9-21(10-8-19)17-29-28(34)24-5-3-4-6-25(24)30-26(32)18-36-27(33)15-16-35-23-13-11-22(12-14-23)20(2)31/h3-14H,15-18H2,1-2H3,(H,29,34)(H,30,32). The van der Waals surface area contributed by atoms with E-state index in [1.54, 1.807) is 48.5 Å². The predicted octanol–water partition coefficient (Wildman–Crippen LogP) is 4.08. The van der Waals surface area contributed by atoms with Crippen LogP contribution in [0.1, 0.15) is 45.2 Å². The van der Waals surface area contributed by atoms with Gasteiger partial charge in [0.2, 0.25) is 0 Å². The first-order chi connectivity index (χ1) is 17.3. The highest BCUT2D eigenvalue weighted by Gasteiger charge is 2.14. The summed E-state index contributed by atoms with van der Waals surface area (Å²) < 4.78 is 10.5. The molecule has 0 bridgehead atoms. The van der Waals surface area contributed by atoms with Gasteiger partial charge in [0.15, 0.2) is 12.4 Å². The average Bonchev–Trinajstić information content (AvgIpc) is 2.87. The number of nitrogens with one attached hydrogen (secondary N) is 2. The molecular weight excluding hydrogens is 460 g/mol. The summed E-state index contributed by atoms with van der Waals surface area (Å²) >= 11 is 0. The lowest BCUT2D eigenvalue weighted by atomic mass is 10.1. The van der Waals surface area contributed by atoms with Crippen molar-refractivity contribution in [3.63, 3.8) is 0 Å². The SMILES string of the molecule is CC(=O)c1ccc(OCCC(=O)OCC(=O)Nc2ccccc2C(=O)NCc2ccc(C)cc2)cc1. The molecule has 2 N–H and O–H groups in total. The van der Waals surface area contributed by atoms with Crippen molar-refractivity contribution in [1.82, 2.24) is 5.32 Å². The van der Waals surface area contributed by atoms with E-state index >= 15 is 0 Å². The van der Waals surface area contributed by atoms with Gasteiger partial charge in [0.25, 0.3) is 11.8 Å². The number of benzene rings is 3. The Morgan fingerprint density at radius 1 is 0.861 bits per heavy atom. The fourth-order valence-electron chi connectivity index (χ4n) is 3.22. The summed E-state index contributed by atoms with van der Waals surface area (Å²) in [7, 11) is 0. The van der Waals surface area contributed by atoms with Crippen LogP contribution in [0.15, 0.2) is 72.8 Å². The number of hydrogen-bond acceptors (Lipinski definition) is 6. The number of ether oxygens (including phenoxy) is 2. The lowest BCUT2D eigenvalue weighted by Gasteiger charge is -2.12. The van der Waals surface area contributed by atoms with Crippen molar-refractivity contribution >= 4 is 29.3 Å². The Hall–Kier alpha value is -4.46. The molecule has 3 aromatic carbocycles. The van der Waals surface area contributed by atoms with E-state index < -0.39 is 18.5 Å². The van der Waals surface area contributed by atoms with Crippen LogP contribution in [0.25, 0.3) is 0 Å². The Morgan fingerprint density at radius 2 is 1.56 bits per heavy atom. The number of anilines is 1. The first-order valence-corrected chi connectivity index (χ1v) is 11.4. The molecule has 3 rings (SSSR count). The number of rotatable bonds is 11. The van der Waals surface area contributed by atoms with Crippen LogP contribution in [0.2, 0.25) is 0 Å². The molecule has 0 aliphatic heterocycles. The molecule has 0 unspecified atom stereocenters. The van der Waals surface area contributed by atoms with Crippen molar-refractivity contribution in [1.29, 1.82) is 0 Å². The number of aryl methyl sites for hydroxylation is 1. The lowest BCUT2D eigenvalue weighted by molar-refractivity contribution is -0.147. The van der Waals surface area contributed by atoms with E-state index in [0.717, 1.165) is 11.1 Å². The van der Waals surface area contributed by atoms with Crippen LogP contribution < -0.4 is 15.4 Å². The van der Waals surface area contributed by atoms with Gasteiger partial charge in [-0.2, -0.15) is 0 Å². The van der Waals surface area contributed by atoms with E-state index in [-0.39, 0.29) is 24.7 Å². The minimum atomic E-state index is -0.602. The Bertz CT molecular complexity index is 1220. The minimum Gasteiger partial charge on any atom is -0.493 e. The molecule has 8 heteroatoms. The van der Waals surface area contributed by atoms with Crippen LogP contribution in [0.4, 0.5) is 5.69 Å². The highest BCUT2D eigenvalue weighted by Crippen LogP contribution is 2.16. The zero-order chi connectivity index (χ0) is 25.9. The molecule has 0 fully saturated rings. The Labute approximate surface area is 209 Å². The molecule has 3 aromatic rings. The predicted molar refractivity (Wildman–Crippen MR) is 135 cm³/mol. The first-order valence-electron chi connectivity index (χ1n) is 11.4. The van der Waals surface area contributed by atoms with Crippen LogP contribution in [-0.4, -0.2) is 36.8 Å². The molecule has 0 radical (unpaired) electrons. The van der Waals surface area contributed by atoms with Crippen molar-refractivity contribution < 1.29 is 28.7 Å². The molecule has 0 aliphatic carbocycles. The summed E-state index contributed by atoms with van der Waals surface area (Å²) in [6.07, 6.45) is -0.0558. The molecule has 0 atom stereocenters. The van der Waals surface area contributed by atoms with Gasteiger partial charge >= 0.3 is 5.97 Å². The molecule has 0 spiro atoms. The van der Waals surface area contributed by atoms with Crippen molar-refractivity contribution in [2.24, 2.45) is 0 Å². The molecule has 0 saturated heterocycles. The van der Waals surface area contributed by atoms with Gasteiger partial charge in [0.05, 0.1) is 24.3 Å². The topological polar surface area (TPSA) is 111 Å². The van der Waals surface area contributed by atoms with E-state index in [9.17, 15) is 19.2 Å². The monoisotopic (exact) mass is 488 g/mol. The van der Waals surface area contributed by atoms with Crippen molar-refractivity contribution in [3.8, 4) is 5.75 Å². The Balaban J connectivity index is 1.43. The fraction of sp³-hybridized carbons (Fsp3) is 0.214. The maximum Gasteiger partial charge on any atom is 0.309 e. The lowest BCUT2D eigenvalue weighted by Crippen LogP contribution is -2.26. The molecule has 0 heterocycles. The number of esters is 1. The van der Waals surface area contributed by atoms with Gasteiger partial charge < -0.3 is 20.1 Å². The van der Waals surface area contributed by atoms with Crippen molar-refractivity contribution in [2.75, 3.05) is 18.5 Å². The van der Waals surface area contributed by atoms with Crippen molar-refractivity contribution in [3.05, 3.63) is 95.1 Å². The zero-order valence-electron chi connectivity index (χ0n) is 20.2. The van der Waals surface area contributed by atoms with Crippen LogP contribution in [0.3, 0.4) is 0 Å². The van der Waals surface area contributed by atoms with Gasteiger partial charge in [-0.3, -0.25) is 19.2 Å². The molecule has 8 nitrogen and oxygen atoms in total. The van der Waals surface area contributed by atoms with Crippen LogP contribution in [0, 0.1) is 6.92 Å². The maximum atomic E-state index is 12.7. The zero-order valence-corrected chi connectivity index (χ0v) is 20.2. The van der Waals surface area contributed by atoms with E-state index in [0.29, 0.717) is 29.1 Å². The van der Waals surface area contributed by atoms with E-state index in [2.05, 4.69) is 10.6 Å². The van der Waals surface area contributed by atoms with Crippen molar-refractivity contribution in [2.45, 2.75) is 26.8 Å². The number of amides is 2. The van der Waals surface area contributed by atoms with E-state index in [4.69, 9.17) is 9.47 Å². The summed E-state index contributed by atoms with van der Waals surface area (Å²) in [5, 5.41) is 5.45. The molecule has 0 aliphatic rings. The summed E-state index contributed by atoms with van der Waals surface area (Å²) in [6.45, 7) is 3.38. The average molecular weight is 489 g/mol. The molecule has 186 valence electrons. The quantitative estimate of drug-likeness (QED) is 0.311. The van der Waals surface area contributed by atoms with Gasteiger partial charge in [-0.25, -0.2) is 0 Å². The number of carbonyl (C=O) groups is 4. The van der Waals surface area contributed by atoms with E-state index in [1.807, 2.05) is 31.2 Å². The van der Waals surface area contributed by atoms with Gasteiger partial charge in [-0.05, 0) is 55.8 Å². The normalized spacial score (nSPS) is 10.3. The molecule has 36 heavy (non-hydrogen) atoms. The third-order valence-corrected chi connectivity index (χ3v) is 5.22.